The van der Waals surface area contributed by atoms with Crippen molar-refractivity contribution in [2.24, 2.45) is 0 Å². The first-order valence-corrected chi connectivity index (χ1v) is 4.34. The predicted octanol–water partition coefficient (Wildman–Crippen LogP) is 3.30. The van der Waals surface area contributed by atoms with Crippen molar-refractivity contribution >= 4 is 64.9 Å². The van der Waals surface area contributed by atoms with Gasteiger partial charge in [0.1, 0.15) is 4.34 Å². The van der Waals surface area contributed by atoms with Crippen LogP contribution >= 0.6 is 59.6 Å². The molecule has 0 fully saturated rings. The summed E-state index contributed by atoms with van der Waals surface area (Å²) in [5.41, 5.74) is 0. The molecule has 0 aliphatic heterocycles. The van der Waals surface area contributed by atoms with Crippen LogP contribution in [0.2, 0.25) is 9.49 Å². The molecular weight excluding hydrogens is 265 g/mol. The number of nitrogens with zero attached hydrogens (tertiary/aromatic N) is 1. The third-order valence-electron chi connectivity index (χ3n) is 0.703. The molecule has 0 aliphatic rings. The second-order valence-corrected chi connectivity index (χ2v) is 3.70. The fourth-order valence-electron chi connectivity index (χ4n) is 0.384. The second-order valence-electron chi connectivity index (χ2n) is 1.41. The maximum absolute atomic E-state index is 10.3. The Kier molecular flexibility index (Phi) is 5.27. The Morgan fingerprint density at radius 2 is 2.17 bits per heavy atom. The van der Waals surface area contributed by atoms with Gasteiger partial charge in [0.15, 0.2) is 5.15 Å². The van der Waals surface area contributed by atoms with Crippen molar-refractivity contribution in [3.05, 3.63) is 9.49 Å². The summed E-state index contributed by atoms with van der Waals surface area (Å²) in [5, 5.41) is -0.520. The summed E-state index contributed by atoms with van der Waals surface area (Å²) in [6.07, 6.45) is 0. The van der Waals surface area contributed by atoms with E-state index in [0.717, 1.165) is 11.3 Å². The van der Waals surface area contributed by atoms with Crippen molar-refractivity contribution in [3.8, 4) is 5.19 Å². The van der Waals surface area contributed by atoms with Gasteiger partial charge in [0.25, 0.3) is 5.19 Å². The highest BCUT2D eigenvalue weighted by Crippen LogP contribution is 2.32. The first kappa shape index (κ1) is 12.3. The van der Waals surface area contributed by atoms with Gasteiger partial charge in [-0.3, -0.25) is 0 Å². The van der Waals surface area contributed by atoms with Gasteiger partial charge in [-0.25, -0.2) is 4.79 Å². The normalized spacial score (nSPS) is 8.92. The molecule has 0 aromatic carbocycles. The standard InChI is InChI=1S/C4HCl2NO2S2.ClH/c5-1-2(6)11-3(7-1)9-4(8)10;/h(H,8,10);1H. The van der Waals surface area contributed by atoms with Crippen molar-refractivity contribution in [1.82, 2.24) is 4.98 Å². The van der Waals surface area contributed by atoms with Crippen LogP contribution in [0.25, 0.3) is 0 Å². The average Bonchev–Trinajstić information content (AvgIpc) is 2.10. The zero-order valence-corrected chi connectivity index (χ0v) is 9.32. The van der Waals surface area contributed by atoms with Gasteiger partial charge in [-0.2, -0.15) is 4.98 Å². The van der Waals surface area contributed by atoms with E-state index in [1.807, 2.05) is 0 Å². The number of rotatable bonds is 1. The fraction of sp³-hybridized carbons (Fsp3) is 0. The Hall–Kier alpha value is 0.320. The van der Waals surface area contributed by atoms with E-state index in [1.54, 1.807) is 0 Å². The maximum Gasteiger partial charge on any atom is 0.371 e. The molecule has 8 heteroatoms. The lowest BCUT2D eigenvalue weighted by Crippen LogP contribution is -1.94. The molecule has 12 heavy (non-hydrogen) atoms. The van der Waals surface area contributed by atoms with E-state index in [9.17, 15) is 4.79 Å². The highest BCUT2D eigenvalue weighted by Gasteiger charge is 2.09. The number of carbonyl (C=O) groups is 1. The lowest BCUT2D eigenvalue weighted by Gasteiger charge is -1.89. The van der Waals surface area contributed by atoms with Gasteiger partial charge in [0, 0.05) is 0 Å². The van der Waals surface area contributed by atoms with Crippen LogP contribution in [-0.2, 0) is 0 Å². The van der Waals surface area contributed by atoms with Crippen LogP contribution in [0.1, 0.15) is 0 Å². The van der Waals surface area contributed by atoms with Crippen LogP contribution in [0.15, 0.2) is 0 Å². The first-order chi connectivity index (χ1) is 5.09. The van der Waals surface area contributed by atoms with Gasteiger partial charge in [-0.05, 0) is 0 Å². The molecule has 3 nitrogen and oxygen atoms in total. The molecule has 0 atom stereocenters. The largest absolute Gasteiger partial charge is 0.390 e. The average molecular weight is 267 g/mol. The monoisotopic (exact) mass is 265 g/mol. The van der Waals surface area contributed by atoms with Crippen LogP contribution in [0.5, 0.6) is 5.19 Å². The molecule has 0 saturated heterocycles. The highest BCUT2D eigenvalue weighted by molar-refractivity contribution is 7.96. The number of thiazole rings is 1. The van der Waals surface area contributed by atoms with Crippen molar-refractivity contribution in [3.63, 3.8) is 0 Å². The highest BCUT2D eigenvalue weighted by atomic mass is 35.5. The second kappa shape index (κ2) is 5.14. The minimum atomic E-state index is -0.743. The third kappa shape index (κ3) is 3.37. The topological polar surface area (TPSA) is 39.2 Å². The van der Waals surface area contributed by atoms with Crippen LogP contribution in [0.4, 0.5) is 4.79 Å². The van der Waals surface area contributed by atoms with Gasteiger partial charge < -0.3 is 4.74 Å². The molecule has 1 aromatic heterocycles. The molecule has 0 spiro atoms. The number of aromatic nitrogens is 1. The maximum atomic E-state index is 10.3. The van der Waals surface area contributed by atoms with Gasteiger partial charge in [0.2, 0.25) is 0 Å². The molecule has 0 aliphatic carbocycles. The summed E-state index contributed by atoms with van der Waals surface area (Å²) < 4.78 is 4.77. The lowest BCUT2D eigenvalue weighted by molar-refractivity contribution is 0.227. The van der Waals surface area contributed by atoms with Gasteiger partial charge in [-0.15, -0.1) is 12.4 Å². The number of halogens is 3. The molecule has 68 valence electrons. The summed E-state index contributed by atoms with van der Waals surface area (Å²) in [5.74, 6) is 0. The minimum Gasteiger partial charge on any atom is -0.390 e. The summed E-state index contributed by atoms with van der Waals surface area (Å²) in [6.45, 7) is 0. The van der Waals surface area contributed by atoms with Crippen LogP contribution in [0, 0.1) is 0 Å². The van der Waals surface area contributed by atoms with Crippen LogP contribution in [-0.4, -0.2) is 10.3 Å². The number of hydrogen-bond donors (Lipinski definition) is 1. The van der Waals surface area contributed by atoms with E-state index in [-0.39, 0.29) is 27.1 Å². The van der Waals surface area contributed by atoms with Crippen molar-refractivity contribution in [2.45, 2.75) is 0 Å². The van der Waals surface area contributed by atoms with E-state index < -0.39 is 5.30 Å². The summed E-state index contributed by atoms with van der Waals surface area (Å²) in [7, 11) is 0. The van der Waals surface area contributed by atoms with Crippen molar-refractivity contribution < 1.29 is 9.53 Å². The molecule has 0 bridgehead atoms. The molecule has 1 rings (SSSR count). The van der Waals surface area contributed by atoms with Gasteiger partial charge in [-0.1, -0.05) is 47.2 Å². The van der Waals surface area contributed by atoms with Gasteiger partial charge >= 0.3 is 5.30 Å². The third-order valence-corrected chi connectivity index (χ3v) is 2.41. The summed E-state index contributed by atoms with van der Waals surface area (Å²) >= 11 is 15.3. The Morgan fingerprint density at radius 1 is 1.58 bits per heavy atom. The zero-order valence-electron chi connectivity index (χ0n) is 5.28. The lowest BCUT2D eigenvalue weighted by atomic mass is 11.0. The Labute approximate surface area is 93.8 Å². The number of carbonyl (C=O) groups excluding carboxylic acids is 1. The molecule has 0 unspecified atom stereocenters. The Bertz CT molecular complexity index is 270. The summed E-state index contributed by atoms with van der Waals surface area (Å²) in [4.78, 5) is 13.9. The molecule has 1 heterocycles. The zero-order chi connectivity index (χ0) is 8.43. The summed E-state index contributed by atoms with van der Waals surface area (Å²) in [6, 6.07) is 0. The fourth-order valence-corrected chi connectivity index (χ4v) is 1.55. The molecule has 1 aromatic rings. The number of ether oxygens (including phenoxy) is 1. The smallest absolute Gasteiger partial charge is 0.371 e. The van der Waals surface area contributed by atoms with Crippen molar-refractivity contribution in [1.29, 1.82) is 0 Å². The first-order valence-electron chi connectivity index (χ1n) is 2.32. The van der Waals surface area contributed by atoms with E-state index in [4.69, 9.17) is 23.2 Å². The van der Waals surface area contributed by atoms with Crippen molar-refractivity contribution in [2.75, 3.05) is 0 Å². The predicted molar refractivity (Wildman–Crippen MR) is 54.4 cm³/mol. The van der Waals surface area contributed by atoms with E-state index >= 15 is 0 Å². The molecular formula is C4H2Cl3NO2S2. The van der Waals surface area contributed by atoms with Crippen LogP contribution in [0.3, 0.4) is 0 Å². The van der Waals surface area contributed by atoms with Crippen LogP contribution < -0.4 is 4.74 Å². The van der Waals surface area contributed by atoms with E-state index in [0.29, 0.717) is 0 Å². The number of hydrogen-bond acceptors (Lipinski definition) is 4. The molecule has 0 amide bonds. The SMILES string of the molecule is Cl.O=C(S)Oc1nc(Cl)c(Cl)s1. The molecule has 0 N–H and O–H groups in total. The van der Waals surface area contributed by atoms with E-state index in [1.165, 1.54) is 0 Å². The molecule has 0 saturated carbocycles. The molecule has 0 radical (unpaired) electrons. The Balaban J connectivity index is 0.00000121. The van der Waals surface area contributed by atoms with Gasteiger partial charge in [0.05, 0.1) is 0 Å². The van der Waals surface area contributed by atoms with E-state index in [2.05, 4.69) is 22.3 Å². The quantitative estimate of drug-likeness (QED) is 0.626. The number of thiol groups is 1. The Morgan fingerprint density at radius 3 is 2.50 bits per heavy atom. The minimum absolute atomic E-state index is 0.